The van der Waals surface area contributed by atoms with E-state index in [2.05, 4.69) is 50.1 Å². The van der Waals surface area contributed by atoms with Gasteiger partial charge in [0.2, 0.25) is 0 Å². The van der Waals surface area contributed by atoms with Crippen molar-refractivity contribution < 1.29 is 0 Å². The van der Waals surface area contributed by atoms with Crippen LogP contribution >= 0.6 is 11.3 Å². The Balaban J connectivity index is 1.30. The van der Waals surface area contributed by atoms with Crippen LogP contribution in [-0.2, 0) is 20.1 Å². The number of hydrogen-bond acceptors (Lipinski definition) is 4. The van der Waals surface area contributed by atoms with E-state index < -0.39 is 0 Å². The lowest BCUT2D eigenvalue weighted by Crippen LogP contribution is -2.41. The van der Waals surface area contributed by atoms with Gasteiger partial charge in [0.25, 0.3) is 0 Å². The molecule has 0 saturated carbocycles. The van der Waals surface area contributed by atoms with Gasteiger partial charge >= 0.3 is 0 Å². The number of aromatic nitrogens is 2. The molecule has 2 fully saturated rings. The van der Waals surface area contributed by atoms with Crippen LogP contribution < -0.4 is 0 Å². The molecular weight excluding hydrogens is 304 g/mol. The number of nitrogens with zero attached hydrogens (tertiary/aromatic N) is 4. The molecule has 0 radical (unpaired) electrons. The van der Waals surface area contributed by atoms with Crippen molar-refractivity contribution in [1.82, 2.24) is 19.4 Å². The second-order valence-electron chi connectivity index (χ2n) is 7.27. The third kappa shape index (κ3) is 3.37. The minimum atomic E-state index is 0.574. The lowest BCUT2D eigenvalue weighted by Gasteiger charge is -2.39. The molecule has 0 atom stereocenters. The van der Waals surface area contributed by atoms with Crippen molar-refractivity contribution in [2.45, 2.75) is 32.4 Å². The zero-order valence-corrected chi connectivity index (χ0v) is 14.8. The summed E-state index contributed by atoms with van der Waals surface area (Å²) >= 11 is 1.78. The average molecular weight is 331 g/mol. The first kappa shape index (κ1) is 15.4. The summed E-state index contributed by atoms with van der Waals surface area (Å²) in [5.74, 6) is 0. The third-order valence-corrected chi connectivity index (χ3v) is 6.48. The molecule has 2 aliphatic rings. The van der Waals surface area contributed by atoms with Crippen LogP contribution in [0, 0.1) is 5.41 Å². The highest BCUT2D eigenvalue weighted by Gasteiger charge is 2.40. The van der Waals surface area contributed by atoms with Crippen molar-refractivity contribution in [2.24, 2.45) is 12.5 Å². The fraction of sp³-hybridized carbons (Fsp3) is 0.611. The third-order valence-electron chi connectivity index (χ3n) is 5.71. The summed E-state index contributed by atoms with van der Waals surface area (Å²) in [5, 5.41) is 3.34. The topological polar surface area (TPSA) is 24.3 Å². The SMILES string of the molecule is Cn1cccc1CN1CCC2(CCN(Cc3nccs3)CC2)C1. The molecule has 0 bridgehead atoms. The maximum absolute atomic E-state index is 4.43. The van der Waals surface area contributed by atoms with E-state index in [-0.39, 0.29) is 0 Å². The molecule has 4 heterocycles. The summed E-state index contributed by atoms with van der Waals surface area (Å²) in [6, 6.07) is 4.40. The molecule has 0 unspecified atom stereocenters. The molecule has 2 saturated heterocycles. The molecule has 124 valence electrons. The molecule has 4 nitrogen and oxygen atoms in total. The van der Waals surface area contributed by atoms with Crippen LogP contribution in [0.3, 0.4) is 0 Å². The Morgan fingerprint density at radius 2 is 1.91 bits per heavy atom. The lowest BCUT2D eigenvalue weighted by molar-refractivity contribution is 0.102. The summed E-state index contributed by atoms with van der Waals surface area (Å²) in [5.41, 5.74) is 2.01. The standard InChI is InChI=1S/C18H26N4S/c1-20-8-2-3-16(20)13-22-11-6-18(15-22)4-9-21(10-5-18)14-17-19-7-12-23-17/h2-3,7-8,12H,4-6,9-11,13-15H2,1H3. The van der Waals surface area contributed by atoms with Gasteiger partial charge in [-0.05, 0) is 56.4 Å². The summed E-state index contributed by atoms with van der Waals surface area (Å²) in [6.07, 6.45) is 8.15. The Morgan fingerprint density at radius 3 is 2.57 bits per heavy atom. The molecule has 0 aromatic carbocycles. The molecule has 1 spiro atoms. The molecule has 2 aromatic rings. The summed E-state index contributed by atoms with van der Waals surface area (Å²) < 4.78 is 2.25. The van der Waals surface area contributed by atoms with Gasteiger partial charge in [-0.15, -0.1) is 11.3 Å². The second-order valence-corrected chi connectivity index (χ2v) is 8.25. The molecule has 0 N–H and O–H groups in total. The highest BCUT2D eigenvalue weighted by Crippen LogP contribution is 2.41. The van der Waals surface area contributed by atoms with E-state index in [1.807, 2.05) is 6.20 Å². The largest absolute Gasteiger partial charge is 0.353 e. The highest BCUT2D eigenvalue weighted by molar-refractivity contribution is 7.09. The number of thiazole rings is 1. The first-order valence-electron chi connectivity index (χ1n) is 8.66. The van der Waals surface area contributed by atoms with Crippen molar-refractivity contribution in [3.05, 3.63) is 40.6 Å². The number of aryl methyl sites for hydroxylation is 1. The van der Waals surface area contributed by atoms with Crippen LogP contribution in [0.1, 0.15) is 30.0 Å². The van der Waals surface area contributed by atoms with E-state index in [4.69, 9.17) is 0 Å². The summed E-state index contributed by atoms with van der Waals surface area (Å²) in [4.78, 5) is 9.67. The Kier molecular flexibility index (Phi) is 4.26. The van der Waals surface area contributed by atoms with E-state index in [1.165, 1.54) is 56.1 Å². The zero-order valence-electron chi connectivity index (χ0n) is 13.9. The fourth-order valence-electron chi connectivity index (χ4n) is 4.17. The summed E-state index contributed by atoms with van der Waals surface area (Å²) in [7, 11) is 2.15. The number of hydrogen-bond donors (Lipinski definition) is 0. The quantitative estimate of drug-likeness (QED) is 0.861. The van der Waals surface area contributed by atoms with Gasteiger partial charge in [-0.1, -0.05) is 0 Å². The predicted octanol–water partition coefficient (Wildman–Crippen LogP) is 2.97. The zero-order chi connectivity index (χ0) is 15.7. The van der Waals surface area contributed by atoms with Crippen molar-refractivity contribution in [1.29, 1.82) is 0 Å². The van der Waals surface area contributed by atoms with E-state index in [0.29, 0.717) is 5.41 Å². The van der Waals surface area contributed by atoms with E-state index in [0.717, 1.165) is 13.1 Å². The molecule has 4 rings (SSSR count). The van der Waals surface area contributed by atoms with Gasteiger partial charge < -0.3 is 4.57 Å². The van der Waals surface area contributed by atoms with Gasteiger partial charge in [0.05, 0.1) is 6.54 Å². The molecule has 23 heavy (non-hydrogen) atoms. The van der Waals surface area contributed by atoms with Crippen molar-refractivity contribution >= 4 is 11.3 Å². The van der Waals surface area contributed by atoms with E-state index >= 15 is 0 Å². The van der Waals surface area contributed by atoms with E-state index in [1.54, 1.807) is 11.3 Å². The Labute approximate surface area is 142 Å². The van der Waals surface area contributed by atoms with Crippen molar-refractivity contribution in [2.75, 3.05) is 26.2 Å². The second kappa shape index (κ2) is 6.38. The number of rotatable bonds is 4. The smallest absolute Gasteiger partial charge is 0.107 e. The first-order valence-corrected chi connectivity index (χ1v) is 9.54. The van der Waals surface area contributed by atoms with Crippen LogP contribution in [0.2, 0.25) is 0 Å². The number of likely N-dealkylation sites (tertiary alicyclic amines) is 2. The molecule has 0 amide bonds. The normalized spacial score (nSPS) is 22.1. The molecule has 0 aliphatic carbocycles. The van der Waals surface area contributed by atoms with Gasteiger partial charge in [0.1, 0.15) is 5.01 Å². The Morgan fingerprint density at radius 1 is 1.13 bits per heavy atom. The van der Waals surface area contributed by atoms with Crippen LogP contribution in [-0.4, -0.2) is 45.5 Å². The monoisotopic (exact) mass is 330 g/mol. The Hall–Kier alpha value is -1.17. The van der Waals surface area contributed by atoms with Crippen LogP contribution in [0.4, 0.5) is 0 Å². The highest BCUT2D eigenvalue weighted by atomic mass is 32.1. The van der Waals surface area contributed by atoms with Gasteiger partial charge in [0, 0.05) is 43.6 Å². The van der Waals surface area contributed by atoms with Crippen molar-refractivity contribution in [3.63, 3.8) is 0 Å². The van der Waals surface area contributed by atoms with E-state index in [9.17, 15) is 0 Å². The van der Waals surface area contributed by atoms with Gasteiger partial charge in [-0.2, -0.15) is 0 Å². The predicted molar refractivity (Wildman–Crippen MR) is 94.4 cm³/mol. The maximum atomic E-state index is 4.43. The van der Waals surface area contributed by atoms with Gasteiger partial charge in [0.15, 0.2) is 0 Å². The Bertz CT molecular complexity index is 625. The fourth-order valence-corrected chi connectivity index (χ4v) is 4.83. The maximum Gasteiger partial charge on any atom is 0.107 e. The summed E-state index contributed by atoms with van der Waals surface area (Å²) in [6.45, 7) is 7.16. The van der Waals surface area contributed by atoms with Gasteiger partial charge in [-0.25, -0.2) is 4.98 Å². The van der Waals surface area contributed by atoms with Crippen molar-refractivity contribution in [3.8, 4) is 0 Å². The molecule has 2 aliphatic heterocycles. The lowest BCUT2D eigenvalue weighted by atomic mass is 9.78. The van der Waals surface area contributed by atoms with Crippen LogP contribution in [0.15, 0.2) is 29.9 Å². The van der Waals surface area contributed by atoms with Crippen LogP contribution in [0.25, 0.3) is 0 Å². The average Bonchev–Trinajstić information content (AvgIpc) is 3.27. The minimum absolute atomic E-state index is 0.574. The molecular formula is C18H26N4S. The number of piperidine rings is 1. The molecule has 2 aromatic heterocycles. The van der Waals surface area contributed by atoms with Gasteiger partial charge in [-0.3, -0.25) is 9.80 Å². The molecule has 5 heteroatoms. The van der Waals surface area contributed by atoms with Crippen LogP contribution in [0.5, 0.6) is 0 Å². The minimum Gasteiger partial charge on any atom is -0.353 e. The first-order chi connectivity index (χ1) is 11.2.